The van der Waals surface area contributed by atoms with Crippen LogP contribution in [-0.2, 0) is 0 Å². The topological polar surface area (TPSA) is 40.5 Å². The molecule has 15 heavy (non-hydrogen) atoms. The van der Waals surface area contributed by atoms with Crippen molar-refractivity contribution < 1.29 is 10.2 Å². The van der Waals surface area contributed by atoms with E-state index in [4.69, 9.17) is 5.11 Å². The minimum atomic E-state index is -0.266. The zero-order chi connectivity index (χ0) is 11.5. The molecule has 0 amide bonds. The number of allylic oxidation sites excluding steroid dienone is 3. The van der Waals surface area contributed by atoms with Crippen LogP contribution in [0.15, 0.2) is 36.1 Å². The highest BCUT2D eigenvalue weighted by Gasteiger charge is 2.33. The average Bonchev–Trinajstić information content (AvgIpc) is 2.08. The lowest BCUT2D eigenvalue weighted by Crippen LogP contribution is -2.29. The van der Waals surface area contributed by atoms with Gasteiger partial charge >= 0.3 is 0 Å². The van der Waals surface area contributed by atoms with E-state index in [9.17, 15) is 5.11 Å². The standard InChI is InChI=1S/C13H20O2/c1-10-8-11(15)9-13(2,3)12(10)6-4-5-7-14/h5-7,11,14-15H,1,4,8-9H2,2-3H3/b7-5-,12-6+. The SMILES string of the molecule is C=C1CC(O)CC(C)(C)/C1=C/C/C=C\O. The third-order valence-corrected chi connectivity index (χ3v) is 2.90. The summed E-state index contributed by atoms with van der Waals surface area (Å²) in [5.41, 5.74) is 2.22. The quantitative estimate of drug-likeness (QED) is 0.684. The van der Waals surface area contributed by atoms with Crippen LogP contribution >= 0.6 is 0 Å². The first kappa shape index (κ1) is 12.1. The van der Waals surface area contributed by atoms with Gasteiger partial charge in [0.1, 0.15) is 0 Å². The van der Waals surface area contributed by atoms with Gasteiger partial charge in [-0.1, -0.05) is 26.5 Å². The molecule has 2 nitrogen and oxygen atoms in total. The fourth-order valence-electron chi connectivity index (χ4n) is 2.31. The van der Waals surface area contributed by atoms with Crippen LogP contribution in [0.5, 0.6) is 0 Å². The highest BCUT2D eigenvalue weighted by atomic mass is 16.3. The van der Waals surface area contributed by atoms with Gasteiger partial charge in [-0.15, -0.1) is 0 Å². The Morgan fingerprint density at radius 3 is 2.73 bits per heavy atom. The average molecular weight is 208 g/mol. The maximum Gasteiger partial charge on any atom is 0.0754 e. The minimum absolute atomic E-state index is 0.0158. The first-order valence-electron chi connectivity index (χ1n) is 5.33. The molecule has 1 saturated carbocycles. The molecular formula is C13H20O2. The van der Waals surface area contributed by atoms with Gasteiger partial charge in [0.25, 0.3) is 0 Å². The molecule has 0 heterocycles. The lowest BCUT2D eigenvalue weighted by molar-refractivity contribution is 0.114. The van der Waals surface area contributed by atoms with Crippen molar-refractivity contribution >= 4 is 0 Å². The Morgan fingerprint density at radius 1 is 1.53 bits per heavy atom. The van der Waals surface area contributed by atoms with Gasteiger partial charge in [0.2, 0.25) is 0 Å². The second-order valence-electron chi connectivity index (χ2n) is 4.79. The molecule has 1 unspecified atom stereocenters. The van der Waals surface area contributed by atoms with E-state index in [1.807, 2.05) is 0 Å². The molecule has 0 saturated heterocycles. The van der Waals surface area contributed by atoms with Gasteiger partial charge in [0.05, 0.1) is 12.4 Å². The Kier molecular flexibility index (Phi) is 3.75. The largest absolute Gasteiger partial charge is 0.516 e. The number of rotatable bonds is 2. The van der Waals surface area contributed by atoms with Crippen molar-refractivity contribution in [2.75, 3.05) is 0 Å². The monoisotopic (exact) mass is 208 g/mol. The predicted octanol–water partition coefficient (Wildman–Crippen LogP) is 3.11. The summed E-state index contributed by atoms with van der Waals surface area (Å²) in [7, 11) is 0. The molecular weight excluding hydrogens is 188 g/mol. The third kappa shape index (κ3) is 2.96. The zero-order valence-corrected chi connectivity index (χ0v) is 9.53. The molecule has 0 aromatic heterocycles. The summed E-state index contributed by atoms with van der Waals surface area (Å²) in [5.74, 6) is 0. The molecule has 1 atom stereocenters. The van der Waals surface area contributed by atoms with Crippen LogP contribution in [0.3, 0.4) is 0 Å². The van der Waals surface area contributed by atoms with Crippen LogP contribution < -0.4 is 0 Å². The van der Waals surface area contributed by atoms with Crippen molar-refractivity contribution in [2.45, 2.75) is 39.2 Å². The van der Waals surface area contributed by atoms with E-state index in [1.165, 1.54) is 5.57 Å². The molecule has 2 N–H and O–H groups in total. The maximum atomic E-state index is 9.66. The molecule has 1 aliphatic carbocycles. The van der Waals surface area contributed by atoms with Crippen molar-refractivity contribution in [3.05, 3.63) is 36.1 Å². The predicted molar refractivity (Wildman–Crippen MR) is 62.6 cm³/mol. The summed E-state index contributed by atoms with van der Waals surface area (Å²) >= 11 is 0. The van der Waals surface area contributed by atoms with Crippen LogP contribution in [-0.4, -0.2) is 16.3 Å². The Labute approximate surface area is 91.6 Å². The summed E-state index contributed by atoms with van der Waals surface area (Å²) in [6.45, 7) is 8.25. The van der Waals surface area contributed by atoms with E-state index in [2.05, 4.69) is 26.5 Å². The fourth-order valence-corrected chi connectivity index (χ4v) is 2.31. The highest BCUT2D eigenvalue weighted by Crippen LogP contribution is 2.42. The molecule has 0 aromatic rings. The van der Waals surface area contributed by atoms with E-state index < -0.39 is 0 Å². The van der Waals surface area contributed by atoms with E-state index in [0.717, 1.165) is 18.3 Å². The molecule has 0 bridgehead atoms. The van der Waals surface area contributed by atoms with Crippen LogP contribution in [0.4, 0.5) is 0 Å². The Morgan fingerprint density at radius 2 is 2.20 bits per heavy atom. The van der Waals surface area contributed by atoms with Crippen LogP contribution in [0, 0.1) is 5.41 Å². The van der Waals surface area contributed by atoms with Crippen LogP contribution in [0.25, 0.3) is 0 Å². The molecule has 1 rings (SSSR count). The van der Waals surface area contributed by atoms with Crippen LogP contribution in [0.1, 0.15) is 33.1 Å². The van der Waals surface area contributed by atoms with Crippen molar-refractivity contribution in [3.8, 4) is 0 Å². The summed E-state index contributed by atoms with van der Waals surface area (Å²) < 4.78 is 0. The minimum Gasteiger partial charge on any atom is -0.516 e. The van der Waals surface area contributed by atoms with Crippen LogP contribution in [0.2, 0.25) is 0 Å². The summed E-state index contributed by atoms with van der Waals surface area (Å²) in [5, 5.41) is 18.2. The summed E-state index contributed by atoms with van der Waals surface area (Å²) in [6.07, 6.45) is 6.73. The van der Waals surface area contributed by atoms with Gasteiger partial charge < -0.3 is 10.2 Å². The highest BCUT2D eigenvalue weighted by molar-refractivity contribution is 5.37. The van der Waals surface area contributed by atoms with Gasteiger partial charge in [0, 0.05) is 0 Å². The van der Waals surface area contributed by atoms with Gasteiger partial charge in [-0.05, 0) is 41.9 Å². The molecule has 2 heteroatoms. The Hall–Kier alpha value is -1.02. The van der Waals surface area contributed by atoms with Gasteiger partial charge in [-0.3, -0.25) is 0 Å². The summed E-state index contributed by atoms with van der Waals surface area (Å²) in [4.78, 5) is 0. The number of hydrogen-bond donors (Lipinski definition) is 2. The van der Waals surface area contributed by atoms with Crippen molar-refractivity contribution in [3.63, 3.8) is 0 Å². The number of aliphatic hydroxyl groups excluding tert-OH is 2. The molecule has 0 radical (unpaired) electrons. The molecule has 0 aliphatic heterocycles. The number of hydrogen-bond acceptors (Lipinski definition) is 2. The van der Waals surface area contributed by atoms with Gasteiger partial charge in [-0.25, -0.2) is 0 Å². The van der Waals surface area contributed by atoms with E-state index in [1.54, 1.807) is 6.08 Å². The van der Waals surface area contributed by atoms with Crippen molar-refractivity contribution in [1.29, 1.82) is 0 Å². The van der Waals surface area contributed by atoms with E-state index >= 15 is 0 Å². The number of aliphatic hydroxyl groups is 2. The van der Waals surface area contributed by atoms with Crippen molar-refractivity contribution in [2.24, 2.45) is 5.41 Å². The second-order valence-corrected chi connectivity index (χ2v) is 4.79. The third-order valence-electron chi connectivity index (χ3n) is 2.90. The van der Waals surface area contributed by atoms with Crippen molar-refractivity contribution in [1.82, 2.24) is 0 Å². The Bertz CT molecular complexity index is 298. The van der Waals surface area contributed by atoms with E-state index in [-0.39, 0.29) is 11.5 Å². The van der Waals surface area contributed by atoms with Gasteiger partial charge in [-0.2, -0.15) is 0 Å². The normalized spacial score (nSPS) is 28.9. The molecule has 1 fully saturated rings. The first-order chi connectivity index (χ1) is 6.97. The molecule has 1 aliphatic rings. The van der Waals surface area contributed by atoms with E-state index in [0.29, 0.717) is 12.8 Å². The second kappa shape index (κ2) is 4.67. The first-order valence-corrected chi connectivity index (χ1v) is 5.33. The zero-order valence-electron chi connectivity index (χ0n) is 9.53. The molecule has 0 aromatic carbocycles. The Balaban J connectivity index is 2.84. The lowest BCUT2D eigenvalue weighted by atomic mass is 9.69. The fraction of sp³-hybridized carbons (Fsp3) is 0.538. The summed E-state index contributed by atoms with van der Waals surface area (Å²) in [6, 6.07) is 0. The smallest absolute Gasteiger partial charge is 0.0754 e. The lowest BCUT2D eigenvalue weighted by Gasteiger charge is -2.37. The molecule has 84 valence electrons. The van der Waals surface area contributed by atoms with Gasteiger partial charge in [0.15, 0.2) is 0 Å². The molecule has 0 spiro atoms. The maximum absolute atomic E-state index is 9.66.